The van der Waals surface area contributed by atoms with E-state index in [1.807, 2.05) is 21.0 Å². The molecule has 0 spiro atoms. The SMILES string of the molecule is CCCC(O)C[N+](C)(C)CCCS(=O)(=O)O. The molecule has 98 valence electrons. The summed E-state index contributed by atoms with van der Waals surface area (Å²) in [5.74, 6) is -0.210. The Balaban J connectivity index is 3.95. The summed E-state index contributed by atoms with van der Waals surface area (Å²) in [4.78, 5) is 0. The Hall–Kier alpha value is -0.170. The predicted molar refractivity (Wildman–Crippen MR) is 63.8 cm³/mol. The van der Waals surface area contributed by atoms with Crippen molar-refractivity contribution in [1.29, 1.82) is 0 Å². The van der Waals surface area contributed by atoms with Gasteiger partial charge < -0.3 is 9.59 Å². The van der Waals surface area contributed by atoms with E-state index in [2.05, 4.69) is 0 Å². The van der Waals surface area contributed by atoms with Crippen LogP contribution < -0.4 is 0 Å². The molecule has 0 heterocycles. The first kappa shape index (κ1) is 15.8. The van der Waals surface area contributed by atoms with Crippen LogP contribution in [0.1, 0.15) is 26.2 Å². The smallest absolute Gasteiger partial charge is 0.265 e. The Labute approximate surface area is 98.4 Å². The molecular formula is C10H24NO4S+. The summed E-state index contributed by atoms with van der Waals surface area (Å²) >= 11 is 0. The van der Waals surface area contributed by atoms with Gasteiger partial charge in [-0.1, -0.05) is 13.3 Å². The van der Waals surface area contributed by atoms with Crippen LogP contribution in [0.5, 0.6) is 0 Å². The molecule has 0 saturated carbocycles. The second-order valence-electron chi connectivity index (χ2n) is 4.92. The lowest BCUT2D eigenvalue weighted by Gasteiger charge is -2.31. The third-order valence-corrected chi connectivity index (χ3v) is 3.30. The summed E-state index contributed by atoms with van der Waals surface area (Å²) in [6.07, 6.45) is 1.77. The molecule has 0 aromatic heterocycles. The van der Waals surface area contributed by atoms with Crippen molar-refractivity contribution in [3.05, 3.63) is 0 Å². The van der Waals surface area contributed by atoms with E-state index in [-0.39, 0.29) is 11.9 Å². The molecule has 0 fully saturated rings. The molecule has 0 rings (SSSR count). The van der Waals surface area contributed by atoms with Gasteiger partial charge in [-0.15, -0.1) is 0 Å². The molecule has 2 N–H and O–H groups in total. The molecule has 0 saturated heterocycles. The van der Waals surface area contributed by atoms with Crippen molar-refractivity contribution in [3.8, 4) is 0 Å². The van der Waals surface area contributed by atoms with Crippen molar-refractivity contribution < 1.29 is 22.6 Å². The number of likely N-dealkylation sites (N-methyl/N-ethyl adjacent to an activating group) is 1. The second kappa shape index (κ2) is 6.54. The highest BCUT2D eigenvalue weighted by Crippen LogP contribution is 2.06. The van der Waals surface area contributed by atoms with Crippen molar-refractivity contribution in [1.82, 2.24) is 0 Å². The van der Waals surface area contributed by atoms with Crippen LogP contribution in [0.2, 0.25) is 0 Å². The molecule has 0 aromatic rings. The highest BCUT2D eigenvalue weighted by Gasteiger charge is 2.20. The van der Waals surface area contributed by atoms with Gasteiger partial charge in [-0.3, -0.25) is 4.55 Å². The standard InChI is InChI=1S/C10H23NO4S/c1-4-6-10(12)9-11(2,3)7-5-8-16(13,14)15/h10,12H,4-9H2,1-3H3/p+1. The molecule has 1 atom stereocenters. The predicted octanol–water partition coefficient (Wildman–Crippen LogP) is 0.502. The van der Waals surface area contributed by atoms with Crippen molar-refractivity contribution in [2.45, 2.75) is 32.3 Å². The highest BCUT2D eigenvalue weighted by atomic mass is 32.2. The molecule has 1 unspecified atom stereocenters. The summed E-state index contributed by atoms with van der Waals surface area (Å²) in [7, 11) is 0.0368. The van der Waals surface area contributed by atoms with Gasteiger partial charge in [0.25, 0.3) is 10.1 Å². The van der Waals surface area contributed by atoms with Gasteiger partial charge in [0.05, 0.1) is 26.4 Å². The minimum atomic E-state index is -3.86. The fraction of sp³-hybridized carbons (Fsp3) is 1.00. The maximum Gasteiger partial charge on any atom is 0.265 e. The first-order chi connectivity index (χ1) is 7.16. The fourth-order valence-corrected chi connectivity index (χ4v) is 2.26. The number of quaternary nitrogens is 1. The van der Waals surface area contributed by atoms with Crippen LogP contribution >= 0.6 is 0 Å². The zero-order valence-electron chi connectivity index (χ0n) is 10.4. The van der Waals surface area contributed by atoms with Crippen LogP contribution in [0.25, 0.3) is 0 Å². The first-order valence-corrected chi connectivity index (χ1v) is 7.22. The van der Waals surface area contributed by atoms with E-state index >= 15 is 0 Å². The van der Waals surface area contributed by atoms with E-state index in [1.165, 1.54) is 0 Å². The maximum absolute atomic E-state index is 10.5. The lowest BCUT2D eigenvalue weighted by molar-refractivity contribution is -0.893. The molecule has 16 heavy (non-hydrogen) atoms. The van der Waals surface area contributed by atoms with Gasteiger partial charge in [0.15, 0.2) is 0 Å². The van der Waals surface area contributed by atoms with Gasteiger partial charge >= 0.3 is 0 Å². The highest BCUT2D eigenvalue weighted by molar-refractivity contribution is 7.85. The van der Waals surface area contributed by atoms with E-state index in [9.17, 15) is 13.5 Å². The molecule has 0 aromatic carbocycles. The number of hydrogen-bond acceptors (Lipinski definition) is 3. The summed E-state index contributed by atoms with van der Waals surface area (Å²) in [6.45, 7) is 3.25. The zero-order valence-corrected chi connectivity index (χ0v) is 11.2. The van der Waals surface area contributed by atoms with Gasteiger partial charge in [-0.2, -0.15) is 8.42 Å². The van der Waals surface area contributed by atoms with E-state index in [0.717, 1.165) is 12.8 Å². The summed E-state index contributed by atoms with van der Waals surface area (Å²) in [6, 6.07) is 0. The third kappa shape index (κ3) is 9.08. The van der Waals surface area contributed by atoms with Crippen LogP contribution in [0, 0.1) is 0 Å². The molecule has 0 aliphatic carbocycles. The Morgan fingerprint density at radius 1 is 1.31 bits per heavy atom. The van der Waals surface area contributed by atoms with Crippen LogP contribution in [0.3, 0.4) is 0 Å². The summed E-state index contributed by atoms with van der Waals surface area (Å²) < 4.78 is 30.2. The quantitative estimate of drug-likeness (QED) is 0.489. The van der Waals surface area contributed by atoms with Crippen LogP contribution in [0.15, 0.2) is 0 Å². The molecule has 0 aliphatic rings. The van der Waals surface area contributed by atoms with E-state index in [4.69, 9.17) is 4.55 Å². The minimum absolute atomic E-state index is 0.210. The van der Waals surface area contributed by atoms with E-state index < -0.39 is 10.1 Å². The summed E-state index contributed by atoms with van der Waals surface area (Å²) in [5.41, 5.74) is 0. The molecular weight excluding hydrogens is 230 g/mol. The minimum Gasteiger partial charge on any atom is -0.387 e. The van der Waals surface area contributed by atoms with E-state index in [0.29, 0.717) is 24.0 Å². The molecule has 0 bridgehead atoms. The van der Waals surface area contributed by atoms with E-state index in [1.54, 1.807) is 0 Å². The molecule has 0 aliphatic heterocycles. The topological polar surface area (TPSA) is 74.6 Å². The number of nitrogens with zero attached hydrogens (tertiary/aromatic N) is 1. The van der Waals surface area contributed by atoms with Gasteiger partial charge in [0.2, 0.25) is 0 Å². The molecule has 0 radical (unpaired) electrons. The maximum atomic E-state index is 10.5. The Morgan fingerprint density at radius 3 is 2.31 bits per heavy atom. The van der Waals surface area contributed by atoms with Crippen molar-refractivity contribution in [2.75, 3.05) is 32.9 Å². The number of aliphatic hydroxyl groups is 1. The fourth-order valence-electron chi connectivity index (χ4n) is 1.76. The normalized spacial score (nSPS) is 15.1. The Bertz CT molecular complexity index is 287. The molecule has 6 heteroatoms. The van der Waals surface area contributed by atoms with Crippen LogP contribution in [-0.4, -0.2) is 61.6 Å². The number of hydrogen-bond donors (Lipinski definition) is 2. The van der Waals surface area contributed by atoms with Gasteiger partial charge in [-0.25, -0.2) is 0 Å². The average Bonchev–Trinajstić information content (AvgIpc) is 1.99. The summed E-state index contributed by atoms with van der Waals surface area (Å²) in [5, 5.41) is 9.66. The van der Waals surface area contributed by atoms with Crippen molar-refractivity contribution >= 4 is 10.1 Å². The largest absolute Gasteiger partial charge is 0.387 e. The molecule has 5 nitrogen and oxygen atoms in total. The second-order valence-corrected chi connectivity index (χ2v) is 6.50. The van der Waals surface area contributed by atoms with Gasteiger partial charge in [-0.05, 0) is 6.42 Å². The number of aliphatic hydroxyl groups excluding tert-OH is 1. The Kier molecular flexibility index (Phi) is 6.47. The van der Waals surface area contributed by atoms with Crippen molar-refractivity contribution in [3.63, 3.8) is 0 Å². The third-order valence-electron chi connectivity index (χ3n) is 2.49. The average molecular weight is 254 g/mol. The first-order valence-electron chi connectivity index (χ1n) is 5.61. The van der Waals surface area contributed by atoms with Crippen LogP contribution in [0.4, 0.5) is 0 Å². The lowest BCUT2D eigenvalue weighted by atomic mass is 10.2. The lowest BCUT2D eigenvalue weighted by Crippen LogP contribution is -2.46. The van der Waals surface area contributed by atoms with Gasteiger partial charge in [0, 0.05) is 6.42 Å². The monoisotopic (exact) mass is 254 g/mol. The van der Waals surface area contributed by atoms with Crippen molar-refractivity contribution in [2.24, 2.45) is 0 Å². The zero-order chi connectivity index (χ0) is 12.8. The van der Waals surface area contributed by atoms with Gasteiger partial charge in [0.1, 0.15) is 12.6 Å². The Morgan fingerprint density at radius 2 is 1.88 bits per heavy atom. The van der Waals surface area contributed by atoms with Crippen LogP contribution in [-0.2, 0) is 10.1 Å². The number of rotatable bonds is 8. The molecule has 0 amide bonds.